The highest BCUT2D eigenvalue weighted by molar-refractivity contribution is 5.69. The second-order valence-corrected chi connectivity index (χ2v) is 11.1. The maximum atomic E-state index is 10.9. The molecule has 0 spiro atoms. The molecule has 0 amide bonds. The van der Waals surface area contributed by atoms with Gasteiger partial charge in [0.25, 0.3) is 0 Å². The summed E-state index contributed by atoms with van der Waals surface area (Å²) >= 11 is 0. The molecule has 1 aliphatic carbocycles. The first-order chi connectivity index (χ1) is 14.6. The summed E-state index contributed by atoms with van der Waals surface area (Å²) in [6.45, 7) is 13.4. The molecule has 7 unspecified atom stereocenters. The normalized spacial score (nSPS) is 33.0. The molecule has 0 aromatic rings. The van der Waals surface area contributed by atoms with Gasteiger partial charge in [-0.2, -0.15) is 0 Å². The summed E-state index contributed by atoms with van der Waals surface area (Å²) in [4.78, 5) is 10.9. The molecule has 1 heterocycles. The Labute approximate surface area is 191 Å². The lowest BCUT2D eigenvalue weighted by atomic mass is 9.72. The van der Waals surface area contributed by atoms with E-state index in [0.29, 0.717) is 23.9 Å². The first-order valence-electron chi connectivity index (χ1n) is 12.9. The maximum absolute atomic E-state index is 10.9. The molecule has 1 saturated heterocycles. The highest BCUT2D eigenvalue weighted by atomic mass is 16.5. The van der Waals surface area contributed by atoms with Crippen molar-refractivity contribution in [1.82, 2.24) is 0 Å². The summed E-state index contributed by atoms with van der Waals surface area (Å²) in [7, 11) is 0. The Bertz CT molecular complexity index is 622. The van der Waals surface area contributed by atoms with Gasteiger partial charge in [-0.05, 0) is 76.5 Å². The predicted octanol–water partition coefficient (Wildman–Crippen LogP) is 7.81. The van der Waals surface area contributed by atoms with Crippen LogP contribution in [0, 0.1) is 29.6 Å². The summed E-state index contributed by atoms with van der Waals surface area (Å²) in [5.74, 6) is 1.70. The standard InChI is InChI=1S/C28H48O3/c1-20(12-8-14-23(4)27(29)30)10-7-11-21(2)13-9-18-28(6)19-17-25-16-15-22(3)24(5)26(25)31-28/h12,15-16,21-26H,7-11,13-14,17-19H2,1-6H3,(H,29,30)/b20-12+. The van der Waals surface area contributed by atoms with Crippen molar-refractivity contribution in [3.8, 4) is 0 Å². The number of hydrogen-bond acceptors (Lipinski definition) is 2. The SMILES string of the molecule is C/C(=C\CCC(C)C(=O)O)CCCC(C)CCCC1(C)CCC2C=CC(C)C(C)C2O1. The van der Waals surface area contributed by atoms with Gasteiger partial charge in [0.05, 0.1) is 17.6 Å². The largest absolute Gasteiger partial charge is 0.481 e. The number of allylic oxidation sites excluding steroid dienone is 3. The van der Waals surface area contributed by atoms with E-state index in [0.717, 1.165) is 25.2 Å². The third-order valence-electron chi connectivity index (χ3n) is 8.04. The third kappa shape index (κ3) is 8.40. The van der Waals surface area contributed by atoms with Crippen LogP contribution in [0.1, 0.15) is 106 Å². The minimum Gasteiger partial charge on any atom is -0.481 e. The molecular weight excluding hydrogens is 384 g/mol. The van der Waals surface area contributed by atoms with Crippen molar-refractivity contribution in [3.63, 3.8) is 0 Å². The van der Waals surface area contributed by atoms with Crippen molar-refractivity contribution in [2.45, 2.75) is 117 Å². The highest BCUT2D eigenvalue weighted by Gasteiger charge is 2.42. The Morgan fingerprint density at radius 1 is 1.19 bits per heavy atom. The Morgan fingerprint density at radius 2 is 1.90 bits per heavy atom. The van der Waals surface area contributed by atoms with Gasteiger partial charge >= 0.3 is 5.97 Å². The molecule has 1 aliphatic heterocycles. The van der Waals surface area contributed by atoms with E-state index in [-0.39, 0.29) is 11.5 Å². The van der Waals surface area contributed by atoms with Crippen molar-refractivity contribution < 1.29 is 14.6 Å². The van der Waals surface area contributed by atoms with E-state index >= 15 is 0 Å². The lowest BCUT2D eigenvalue weighted by Crippen LogP contribution is -2.47. The van der Waals surface area contributed by atoms with E-state index in [9.17, 15) is 4.79 Å². The van der Waals surface area contributed by atoms with Crippen LogP contribution in [0.2, 0.25) is 0 Å². The van der Waals surface area contributed by atoms with E-state index in [2.05, 4.69) is 52.8 Å². The molecule has 1 fully saturated rings. The van der Waals surface area contributed by atoms with Gasteiger partial charge in [-0.25, -0.2) is 0 Å². The number of rotatable bonds is 12. The number of carboxylic acids is 1. The van der Waals surface area contributed by atoms with Gasteiger partial charge in [-0.15, -0.1) is 0 Å². The van der Waals surface area contributed by atoms with Crippen molar-refractivity contribution in [2.75, 3.05) is 0 Å². The number of fused-ring (bicyclic) bond motifs is 1. The van der Waals surface area contributed by atoms with E-state index in [1.807, 2.05) is 0 Å². The third-order valence-corrected chi connectivity index (χ3v) is 8.04. The minimum atomic E-state index is -0.688. The topological polar surface area (TPSA) is 46.5 Å². The molecule has 2 aliphatic rings. The lowest BCUT2D eigenvalue weighted by Gasteiger charge is -2.47. The molecule has 31 heavy (non-hydrogen) atoms. The highest BCUT2D eigenvalue weighted by Crippen LogP contribution is 2.43. The van der Waals surface area contributed by atoms with Crippen molar-refractivity contribution >= 4 is 5.97 Å². The minimum absolute atomic E-state index is 0.0620. The predicted molar refractivity (Wildman–Crippen MR) is 130 cm³/mol. The van der Waals surface area contributed by atoms with Crippen LogP contribution in [0.4, 0.5) is 0 Å². The monoisotopic (exact) mass is 432 g/mol. The van der Waals surface area contributed by atoms with E-state index < -0.39 is 5.97 Å². The molecule has 7 atom stereocenters. The average molecular weight is 433 g/mol. The lowest BCUT2D eigenvalue weighted by molar-refractivity contribution is -0.164. The zero-order chi connectivity index (χ0) is 23.0. The molecule has 3 heteroatoms. The van der Waals surface area contributed by atoms with Crippen LogP contribution in [0.15, 0.2) is 23.8 Å². The van der Waals surface area contributed by atoms with Crippen LogP contribution >= 0.6 is 0 Å². The van der Waals surface area contributed by atoms with Gasteiger partial charge in [-0.3, -0.25) is 4.79 Å². The van der Waals surface area contributed by atoms with E-state index in [1.165, 1.54) is 50.5 Å². The summed E-state index contributed by atoms with van der Waals surface area (Å²) < 4.78 is 6.73. The molecule has 1 N–H and O–H groups in total. The van der Waals surface area contributed by atoms with Crippen LogP contribution < -0.4 is 0 Å². The number of ether oxygens (including phenoxy) is 1. The van der Waals surface area contributed by atoms with Crippen molar-refractivity contribution in [1.29, 1.82) is 0 Å². The molecule has 0 aromatic carbocycles. The summed E-state index contributed by atoms with van der Waals surface area (Å²) in [6, 6.07) is 0. The maximum Gasteiger partial charge on any atom is 0.306 e. The van der Waals surface area contributed by atoms with Crippen LogP contribution in [0.5, 0.6) is 0 Å². The zero-order valence-electron chi connectivity index (χ0n) is 21.0. The van der Waals surface area contributed by atoms with Crippen LogP contribution in [-0.4, -0.2) is 22.8 Å². The van der Waals surface area contributed by atoms with Crippen molar-refractivity contribution in [2.24, 2.45) is 29.6 Å². The average Bonchev–Trinajstić information content (AvgIpc) is 2.71. The molecule has 0 bridgehead atoms. The first-order valence-corrected chi connectivity index (χ1v) is 12.9. The van der Waals surface area contributed by atoms with Crippen LogP contribution in [0.3, 0.4) is 0 Å². The van der Waals surface area contributed by atoms with Crippen LogP contribution in [0.25, 0.3) is 0 Å². The molecule has 0 radical (unpaired) electrons. The van der Waals surface area contributed by atoms with E-state index in [4.69, 9.17) is 9.84 Å². The van der Waals surface area contributed by atoms with Gasteiger partial charge in [-0.1, -0.05) is 70.8 Å². The van der Waals surface area contributed by atoms with E-state index in [1.54, 1.807) is 6.92 Å². The molecule has 3 nitrogen and oxygen atoms in total. The van der Waals surface area contributed by atoms with Gasteiger partial charge < -0.3 is 9.84 Å². The first kappa shape index (κ1) is 26.2. The van der Waals surface area contributed by atoms with Gasteiger partial charge in [0, 0.05) is 5.92 Å². The Balaban J connectivity index is 1.63. The number of carbonyl (C=O) groups is 1. The Morgan fingerprint density at radius 3 is 2.61 bits per heavy atom. The van der Waals surface area contributed by atoms with Crippen LogP contribution in [-0.2, 0) is 9.53 Å². The molecule has 2 rings (SSSR count). The molecule has 178 valence electrons. The summed E-state index contributed by atoms with van der Waals surface area (Å²) in [5, 5.41) is 8.96. The van der Waals surface area contributed by atoms with Crippen molar-refractivity contribution in [3.05, 3.63) is 23.8 Å². The second kappa shape index (κ2) is 12.2. The quantitative estimate of drug-likeness (QED) is 0.320. The number of carboxylic acid groups (broad SMARTS) is 1. The zero-order valence-corrected chi connectivity index (χ0v) is 21.0. The smallest absolute Gasteiger partial charge is 0.306 e. The van der Waals surface area contributed by atoms with Gasteiger partial charge in [0.1, 0.15) is 0 Å². The fraction of sp³-hybridized carbons (Fsp3) is 0.821. The molecule has 0 aromatic heterocycles. The summed E-state index contributed by atoms with van der Waals surface area (Å²) in [5.41, 5.74) is 1.47. The number of aliphatic carboxylic acids is 1. The summed E-state index contributed by atoms with van der Waals surface area (Å²) in [6.07, 6.45) is 18.9. The Hall–Kier alpha value is -1.09. The fourth-order valence-electron chi connectivity index (χ4n) is 5.29. The fourth-order valence-corrected chi connectivity index (χ4v) is 5.29. The van der Waals surface area contributed by atoms with Gasteiger partial charge in [0.15, 0.2) is 0 Å². The second-order valence-electron chi connectivity index (χ2n) is 11.1. The molecule has 0 saturated carbocycles. The van der Waals surface area contributed by atoms with Gasteiger partial charge in [0.2, 0.25) is 0 Å². The number of hydrogen-bond donors (Lipinski definition) is 1. The Kier molecular flexibility index (Phi) is 10.3. The molecular formula is C28H48O3.